The van der Waals surface area contributed by atoms with Crippen molar-refractivity contribution in [3.8, 4) is 11.5 Å². The third-order valence-corrected chi connectivity index (χ3v) is 7.98. The summed E-state index contributed by atoms with van der Waals surface area (Å²) in [5.74, 6) is -1.35. The Morgan fingerprint density at radius 1 is 1.07 bits per heavy atom. The number of anilines is 1. The van der Waals surface area contributed by atoms with Crippen molar-refractivity contribution in [1.29, 1.82) is 0 Å². The van der Waals surface area contributed by atoms with E-state index in [1.165, 1.54) is 17.6 Å². The smallest absolute Gasteiger partial charge is 0.341 e. The van der Waals surface area contributed by atoms with Gasteiger partial charge in [0.05, 0.1) is 29.5 Å². The monoisotopic (exact) mass is 627 g/mol. The lowest BCUT2D eigenvalue weighted by atomic mass is 10.1. The number of halogens is 1. The number of carbonyl (C=O) groups excluding carboxylic acids is 3. The van der Waals surface area contributed by atoms with E-state index in [1.54, 1.807) is 19.1 Å². The van der Waals surface area contributed by atoms with Gasteiger partial charge in [0.15, 0.2) is 11.5 Å². The van der Waals surface area contributed by atoms with Crippen molar-refractivity contribution in [2.45, 2.75) is 46.6 Å². The van der Waals surface area contributed by atoms with Crippen LogP contribution < -0.4 is 20.2 Å². The van der Waals surface area contributed by atoms with Gasteiger partial charge in [0.2, 0.25) is 0 Å². The number of benzene rings is 2. The van der Waals surface area contributed by atoms with Gasteiger partial charge < -0.3 is 19.5 Å². The molecule has 4 rings (SSSR count). The van der Waals surface area contributed by atoms with Gasteiger partial charge in [-0.05, 0) is 90.4 Å². The number of hydrogen-bond acceptors (Lipinski definition) is 8. The molecule has 0 atom stereocenters. The van der Waals surface area contributed by atoms with E-state index in [9.17, 15) is 14.4 Å². The Hall–Kier alpha value is -3.70. The van der Waals surface area contributed by atoms with E-state index in [2.05, 4.69) is 31.8 Å². The minimum atomic E-state index is -0.970. The summed E-state index contributed by atoms with van der Waals surface area (Å²) in [5.41, 5.74) is 6.25. The summed E-state index contributed by atoms with van der Waals surface area (Å²) < 4.78 is 17.7. The quantitative estimate of drug-likeness (QED) is 0.132. The molecule has 0 unspecified atom stereocenters. The fourth-order valence-electron chi connectivity index (χ4n) is 4.28. The van der Waals surface area contributed by atoms with Crippen molar-refractivity contribution < 1.29 is 28.6 Å². The normalized spacial score (nSPS) is 12.2. The molecule has 2 amide bonds. The molecule has 0 fully saturated rings. The van der Waals surface area contributed by atoms with Crippen LogP contribution in [0.1, 0.15) is 57.8 Å². The molecule has 0 aliphatic heterocycles. The summed E-state index contributed by atoms with van der Waals surface area (Å²) >= 11 is 4.83. The maximum Gasteiger partial charge on any atom is 0.341 e. The second-order valence-corrected chi connectivity index (χ2v) is 10.9. The maximum atomic E-state index is 12.6. The molecule has 2 aromatic carbocycles. The molecule has 0 bridgehead atoms. The zero-order valence-electron chi connectivity index (χ0n) is 22.5. The van der Waals surface area contributed by atoms with E-state index >= 15 is 0 Å². The molecule has 1 aliphatic rings. The highest BCUT2D eigenvalue weighted by Crippen LogP contribution is 2.40. The molecular formula is C29H30BrN3O6S. The predicted octanol–water partition coefficient (Wildman–Crippen LogP) is 5.55. The maximum absolute atomic E-state index is 12.6. The Bertz CT molecular complexity index is 1450. The van der Waals surface area contributed by atoms with Crippen LogP contribution in [0, 0.1) is 6.92 Å². The first kappa shape index (κ1) is 29.3. The van der Waals surface area contributed by atoms with Crippen molar-refractivity contribution in [2.75, 3.05) is 18.5 Å². The minimum absolute atomic E-state index is 0.215. The summed E-state index contributed by atoms with van der Waals surface area (Å²) in [5, 5.41) is 6.80. The van der Waals surface area contributed by atoms with Crippen molar-refractivity contribution >= 4 is 56.3 Å². The van der Waals surface area contributed by atoms with Gasteiger partial charge in [0, 0.05) is 4.88 Å². The molecule has 9 nitrogen and oxygen atoms in total. The number of amides is 2. The Kier molecular flexibility index (Phi) is 9.94. The molecule has 3 aromatic rings. The van der Waals surface area contributed by atoms with E-state index in [0.717, 1.165) is 40.8 Å². The predicted molar refractivity (Wildman–Crippen MR) is 157 cm³/mol. The van der Waals surface area contributed by atoms with Gasteiger partial charge in [-0.15, -0.1) is 11.3 Å². The average Bonchev–Trinajstić information content (AvgIpc) is 3.50. The first-order chi connectivity index (χ1) is 19.3. The van der Waals surface area contributed by atoms with Gasteiger partial charge in [-0.25, -0.2) is 10.2 Å². The molecule has 210 valence electrons. The van der Waals surface area contributed by atoms with Crippen LogP contribution in [0.25, 0.3) is 0 Å². The number of thiophene rings is 1. The van der Waals surface area contributed by atoms with E-state index < -0.39 is 17.8 Å². The Balaban J connectivity index is 1.42. The fourth-order valence-corrected chi connectivity index (χ4v) is 6.12. The molecule has 40 heavy (non-hydrogen) atoms. The lowest BCUT2D eigenvalue weighted by molar-refractivity contribution is -0.136. The first-order valence-electron chi connectivity index (χ1n) is 12.9. The van der Waals surface area contributed by atoms with E-state index in [0.29, 0.717) is 45.3 Å². The van der Waals surface area contributed by atoms with Crippen LogP contribution in [0.3, 0.4) is 0 Å². The van der Waals surface area contributed by atoms with Gasteiger partial charge in [-0.2, -0.15) is 5.10 Å². The number of nitrogens with one attached hydrogen (secondary N) is 2. The third kappa shape index (κ3) is 6.89. The summed E-state index contributed by atoms with van der Waals surface area (Å²) in [4.78, 5) is 38.6. The number of rotatable bonds is 10. The Labute approximate surface area is 245 Å². The third-order valence-electron chi connectivity index (χ3n) is 6.18. The first-order valence-corrected chi connectivity index (χ1v) is 14.5. The molecule has 0 saturated heterocycles. The van der Waals surface area contributed by atoms with Crippen LogP contribution in [-0.4, -0.2) is 37.2 Å². The van der Waals surface area contributed by atoms with Gasteiger partial charge in [-0.1, -0.05) is 24.3 Å². The number of hydrogen-bond donors (Lipinski definition) is 2. The molecule has 1 aliphatic carbocycles. The number of ether oxygens (including phenoxy) is 3. The van der Waals surface area contributed by atoms with Gasteiger partial charge in [0.1, 0.15) is 11.6 Å². The summed E-state index contributed by atoms with van der Waals surface area (Å²) in [7, 11) is 0. The minimum Gasteiger partial charge on any atom is -0.490 e. The van der Waals surface area contributed by atoms with Crippen LogP contribution in [0.15, 0.2) is 46.0 Å². The van der Waals surface area contributed by atoms with E-state index in [1.807, 2.05) is 38.1 Å². The van der Waals surface area contributed by atoms with Crippen molar-refractivity contribution in [1.82, 2.24) is 5.43 Å². The summed E-state index contributed by atoms with van der Waals surface area (Å²) in [6, 6.07) is 11.5. The van der Waals surface area contributed by atoms with Crippen LogP contribution in [0.4, 0.5) is 5.00 Å². The highest BCUT2D eigenvalue weighted by molar-refractivity contribution is 9.10. The number of aryl methyl sites for hydroxylation is 2. The molecule has 2 N–H and O–H groups in total. The van der Waals surface area contributed by atoms with E-state index in [-0.39, 0.29) is 6.61 Å². The SMILES string of the molecule is CCOC(=O)c1c(NC(=O)C(=O)NN=Cc2cc(Br)c(OCc3ccccc3C)c(OCC)c2)sc2c1CCC2. The molecule has 0 saturated carbocycles. The number of nitrogens with zero attached hydrogens (tertiary/aromatic N) is 1. The second-order valence-electron chi connectivity index (χ2n) is 8.91. The van der Waals surface area contributed by atoms with Crippen molar-refractivity contribution in [3.05, 3.63) is 73.6 Å². The molecule has 1 aromatic heterocycles. The van der Waals surface area contributed by atoms with Crippen molar-refractivity contribution in [3.63, 3.8) is 0 Å². The van der Waals surface area contributed by atoms with Gasteiger partial charge >= 0.3 is 17.8 Å². The number of hydrazone groups is 1. The van der Waals surface area contributed by atoms with Crippen LogP contribution in [-0.2, 0) is 33.8 Å². The van der Waals surface area contributed by atoms with Crippen LogP contribution in [0.2, 0.25) is 0 Å². The lowest BCUT2D eigenvalue weighted by Crippen LogP contribution is -2.32. The second kappa shape index (κ2) is 13.6. The molecule has 0 spiro atoms. The average molecular weight is 629 g/mol. The zero-order valence-corrected chi connectivity index (χ0v) is 24.9. The largest absolute Gasteiger partial charge is 0.490 e. The number of esters is 1. The molecule has 11 heteroatoms. The van der Waals surface area contributed by atoms with E-state index in [4.69, 9.17) is 14.2 Å². The number of fused-ring (bicyclic) bond motifs is 1. The number of carbonyl (C=O) groups is 3. The summed E-state index contributed by atoms with van der Waals surface area (Å²) in [6.45, 7) is 6.62. The van der Waals surface area contributed by atoms with Gasteiger partial charge in [-0.3, -0.25) is 9.59 Å². The van der Waals surface area contributed by atoms with Crippen LogP contribution >= 0.6 is 27.3 Å². The molecule has 0 radical (unpaired) electrons. The van der Waals surface area contributed by atoms with Crippen molar-refractivity contribution in [2.24, 2.45) is 5.10 Å². The molecular weight excluding hydrogens is 598 g/mol. The molecule has 1 heterocycles. The van der Waals surface area contributed by atoms with Gasteiger partial charge in [0.25, 0.3) is 0 Å². The lowest BCUT2D eigenvalue weighted by Gasteiger charge is -2.15. The highest BCUT2D eigenvalue weighted by Gasteiger charge is 2.29. The standard InChI is InChI=1S/C29H30BrN3O6S/c1-4-37-22-14-18(13-21(30)25(22)39-16-19-10-7-6-9-17(19)3)15-31-33-27(35)26(34)32-28-24(29(36)38-5-2)20-11-8-12-23(20)40-28/h6-7,9-10,13-15H,4-5,8,11-12,16H2,1-3H3,(H,32,34)(H,33,35). The van der Waals surface area contributed by atoms with Crippen LogP contribution in [0.5, 0.6) is 11.5 Å². The zero-order chi connectivity index (χ0) is 28.6. The fraction of sp³-hybridized carbons (Fsp3) is 0.310. The topological polar surface area (TPSA) is 115 Å². The highest BCUT2D eigenvalue weighted by atomic mass is 79.9. The Morgan fingerprint density at radius 2 is 1.88 bits per heavy atom. The summed E-state index contributed by atoms with van der Waals surface area (Å²) in [6.07, 6.45) is 3.90. The Morgan fingerprint density at radius 3 is 2.62 bits per heavy atom.